The Morgan fingerprint density at radius 1 is 1.00 bits per heavy atom. The number of halogens is 3. The molecule has 2 aromatic carbocycles. The Morgan fingerprint density at radius 2 is 1.67 bits per heavy atom. The highest BCUT2D eigenvalue weighted by Crippen LogP contribution is 2.15. The molecule has 0 saturated heterocycles. The van der Waals surface area contributed by atoms with Crippen LogP contribution in [0.2, 0.25) is 0 Å². The zero-order valence-corrected chi connectivity index (χ0v) is 12.8. The Hall–Kier alpha value is -1.75. The first-order valence-corrected chi connectivity index (χ1v) is 7.57. The van der Waals surface area contributed by atoms with Crippen molar-refractivity contribution in [3.05, 3.63) is 71.3 Å². The van der Waals surface area contributed by atoms with Crippen molar-refractivity contribution < 1.29 is 13.6 Å². The summed E-state index contributed by atoms with van der Waals surface area (Å²) in [5, 5.41) is 4.57. The summed E-state index contributed by atoms with van der Waals surface area (Å²) in [6, 6.07) is 12.6. The van der Waals surface area contributed by atoms with E-state index in [1.54, 1.807) is 36.4 Å². The van der Waals surface area contributed by atoms with Crippen molar-refractivity contribution in [1.29, 1.82) is 0 Å². The summed E-state index contributed by atoms with van der Waals surface area (Å²) in [6.45, 7) is 0.356. The lowest BCUT2D eigenvalue weighted by Crippen LogP contribution is -2.10. The molecule has 0 N–H and O–H groups in total. The molecule has 0 fully saturated rings. The Bertz CT molecular complexity index is 631. The molecule has 0 aliphatic rings. The van der Waals surface area contributed by atoms with Crippen LogP contribution in [-0.2, 0) is 11.3 Å². The highest BCUT2D eigenvalue weighted by Gasteiger charge is 2.13. The summed E-state index contributed by atoms with van der Waals surface area (Å²) in [5.74, 6) is -0.753. The van der Waals surface area contributed by atoms with Crippen LogP contribution in [0.15, 0.2) is 53.7 Å². The molecule has 2 rings (SSSR count). The second-order valence-electron chi connectivity index (χ2n) is 4.31. The van der Waals surface area contributed by atoms with Gasteiger partial charge >= 0.3 is 0 Å². The van der Waals surface area contributed by atoms with Crippen molar-refractivity contribution >= 4 is 21.6 Å². The van der Waals surface area contributed by atoms with Crippen LogP contribution in [0.4, 0.5) is 8.78 Å². The van der Waals surface area contributed by atoms with Gasteiger partial charge in [0.2, 0.25) is 0 Å². The fourth-order valence-corrected chi connectivity index (χ4v) is 2.00. The van der Waals surface area contributed by atoms with Crippen LogP contribution in [0.1, 0.15) is 11.1 Å². The molecular weight excluding hydrogens is 340 g/mol. The van der Waals surface area contributed by atoms with Crippen molar-refractivity contribution in [3.8, 4) is 0 Å². The minimum Gasteiger partial charge on any atom is -0.395 e. The lowest BCUT2D eigenvalue weighted by atomic mass is 10.0. The third-order valence-corrected chi connectivity index (χ3v) is 3.17. The average Bonchev–Trinajstić information content (AvgIpc) is 2.49. The van der Waals surface area contributed by atoms with Crippen molar-refractivity contribution in [2.45, 2.75) is 6.42 Å². The van der Waals surface area contributed by atoms with E-state index in [2.05, 4.69) is 21.1 Å². The van der Waals surface area contributed by atoms with Gasteiger partial charge in [-0.1, -0.05) is 57.5 Å². The number of hydrogen-bond donors (Lipinski definition) is 0. The quantitative estimate of drug-likeness (QED) is 0.328. The molecule has 5 heteroatoms. The van der Waals surface area contributed by atoms with E-state index >= 15 is 0 Å². The van der Waals surface area contributed by atoms with Gasteiger partial charge in [-0.05, 0) is 17.7 Å². The Kier molecular flexibility index (Phi) is 5.87. The first-order chi connectivity index (χ1) is 10.2. The lowest BCUT2D eigenvalue weighted by molar-refractivity contribution is 0.161. The van der Waals surface area contributed by atoms with Crippen LogP contribution in [0, 0.1) is 11.6 Å². The van der Waals surface area contributed by atoms with Gasteiger partial charge in [0.1, 0.15) is 18.2 Å². The first kappa shape index (κ1) is 15.6. The summed E-state index contributed by atoms with van der Waals surface area (Å²) in [7, 11) is 0. The molecule has 21 heavy (non-hydrogen) atoms. The number of hydrogen-bond acceptors (Lipinski definition) is 2. The van der Waals surface area contributed by atoms with Gasteiger partial charge in [0, 0.05) is 17.3 Å². The lowest BCUT2D eigenvalue weighted by Gasteiger charge is -2.09. The molecule has 2 nitrogen and oxygen atoms in total. The molecule has 0 aliphatic heterocycles. The average molecular weight is 354 g/mol. The molecule has 0 aliphatic carbocycles. The van der Waals surface area contributed by atoms with E-state index in [1.807, 2.05) is 0 Å². The Balaban J connectivity index is 2.31. The molecule has 0 amide bonds. The zero-order chi connectivity index (χ0) is 15.1. The largest absolute Gasteiger partial charge is 0.395 e. The molecule has 0 spiro atoms. The van der Waals surface area contributed by atoms with Crippen LogP contribution < -0.4 is 0 Å². The molecule has 0 heterocycles. The van der Waals surface area contributed by atoms with Crippen molar-refractivity contribution in [3.63, 3.8) is 0 Å². The molecule has 0 unspecified atom stereocenters. The third kappa shape index (κ3) is 4.36. The number of benzene rings is 2. The van der Waals surface area contributed by atoms with Gasteiger partial charge < -0.3 is 4.84 Å². The van der Waals surface area contributed by atoms with E-state index in [9.17, 15) is 8.78 Å². The van der Waals surface area contributed by atoms with E-state index in [1.165, 1.54) is 12.1 Å². The summed E-state index contributed by atoms with van der Waals surface area (Å²) >= 11 is 3.22. The molecular formula is C16H14BrF2NO. The van der Waals surface area contributed by atoms with E-state index in [0.717, 1.165) is 0 Å². The molecule has 0 saturated carbocycles. The topological polar surface area (TPSA) is 21.6 Å². The maximum Gasteiger partial charge on any atom is 0.132 e. The highest BCUT2D eigenvalue weighted by atomic mass is 79.9. The predicted octanol–water partition coefficient (Wildman–Crippen LogP) is 4.32. The summed E-state index contributed by atoms with van der Waals surface area (Å²) in [4.78, 5) is 5.12. The Morgan fingerprint density at radius 3 is 2.33 bits per heavy atom. The molecule has 0 aromatic heterocycles. The molecule has 0 atom stereocenters. The van der Waals surface area contributed by atoms with Gasteiger partial charge in [0.25, 0.3) is 0 Å². The zero-order valence-electron chi connectivity index (χ0n) is 11.2. The normalized spacial score (nSPS) is 11.5. The van der Waals surface area contributed by atoms with Gasteiger partial charge in [0.05, 0.1) is 5.71 Å². The molecule has 0 bridgehead atoms. The maximum atomic E-state index is 13.9. The van der Waals surface area contributed by atoms with E-state index in [4.69, 9.17) is 4.84 Å². The van der Waals surface area contributed by atoms with Crippen LogP contribution in [-0.4, -0.2) is 17.6 Å². The van der Waals surface area contributed by atoms with E-state index in [0.29, 0.717) is 28.8 Å². The summed E-state index contributed by atoms with van der Waals surface area (Å²) < 4.78 is 27.7. The van der Waals surface area contributed by atoms with Gasteiger partial charge in [-0.2, -0.15) is 0 Å². The fourth-order valence-electron chi connectivity index (χ4n) is 1.85. The van der Waals surface area contributed by atoms with Gasteiger partial charge in [-0.3, -0.25) is 0 Å². The van der Waals surface area contributed by atoms with Gasteiger partial charge in [-0.15, -0.1) is 0 Å². The van der Waals surface area contributed by atoms with Crippen LogP contribution >= 0.6 is 15.9 Å². The second-order valence-corrected chi connectivity index (χ2v) is 5.10. The standard InChI is InChI=1S/C16H14BrF2NO/c17-9-10-21-20-16(13-6-2-4-8-15(13)19)11-12-5-1-3-7-14(12)18/h1-8H,9-11H2. The number of rotatable bonds is 6. The van der Waals surface area contributed by atoms with Crippen LogP contribution in [0.25, 0.3) is 0 Å². The molecule has 2 aromatic rings. The minimum absolute atomic E-state index is 0.163. The van der Waals surface area contributed by atoms with Crippen LogP contribution in [0.5, 0.6) is 0 Å². The maximum absolute atomic E-state index is 13.9. The van der Waals surface area contributed by atoms with Gasteiger partial charge in [0.15, 0.2) is 0 Å². The summed E-state index contributed by atoms with van der Waals surface area (Å²) in [5.41, 5.74) is 1.12. The third-order valence-electron chi connectivity index (χ3n) is 2.84. The van der Waals surface area contributed by atoms with Crippen molar-refractivity contribution in [2.24, 2.45) is 5.16 Å². The number of oxime groups is 1. The predicted molar refractivity (Wildman–Crippen MR) is 82.8 cm³/mol. The van der Waals surface area contributed by atoms with Gasteiger partial charge in [-0.25, -0.2) is 8.78 Å². The van der Waals surface area contributed by atoms with E-state index < -0.39 is 5.82 Å². The smallest absolute Gasteiger partial charge is 0.132 e. The molecule has 110 valence electrons. The fraction of sp³-hybridized carbons (Fsp3) is 0.188. The number of nitrogens with zero attached hydrogens (tertiary/aromatic N) is 1. The number of alkyl halides is 1. The van der Waals surface area contributed by atoms with Crippen LogP contribution in [0.3, 0.4) is 0 Å². The Labute approximate surface area is 130 Å². The second kappa shape index (κ2) is 7.88. The van der Waals surface area contributed by atoms with Crippen molar-refractivity contribution in [1.82, 2.24) is 0 Å². The van der Waals surface area contributed by atoms with Crippen molar-refractivity contribution in [2.75, 3.05) is 11.9 Å². The monoisotopic (exact) mass is 353 g/mol. The minimum atomic E-state index is -0.407. The van der Waals surface area contributed by atoms with E-state index in [-0.39, 0.29) is 12.2 Å². The molecule has 0 radical (unpaired) electrons. The summed E-state index contributed by atoms with van der Waals surface area (Å²) in [6.07, 6.45) is 0.163. The highest BCUT2D eigenvalue weighted by molar-refractivity contribution is 9.09. The first-order valence-electron chi connectivity index (χ1n) is 6.45. The SMILES string of the molecule is Fc1ccccc1CC(=NOCCBr)c1ccccc1F.